The van der Waals surface area contributed by atoms with Gasteiger partial charge in [0.15, 0.2) is 0 Å². The molecule has 3 aromatic rings. The van der Waals surface area contributed by atoms with Crippen molar-refractivity contribution in [2.24, 2.45) is 0 Å². The SMILES string of the molecule is C=C(N1CCN(C)CC1)n1cc(CN[C@@H](C)c2ccc(OC)cc2)nc1/C=C\C.c1cnc2c(c1)CCCC2. The van der Waals surface area contributed by atoms with Crippen LogP contribution in [0.25, 0.3) is 11.9 Å². The van der Waals surface area contributed by atoms with E-state index >= 15 is 0 Å². The topological polar surface area (TPSA) is 58.5 Å². The predicted octanol–water partition coefficient (Wildman–Crippen LogP) is 5.41. The highest BCUT2D eigenvalue weighted by Crippen LogP contribution is 2.20. The van der Waals surface area contributed by atoms with E-state index < -0.39 is 0 Å². The van der Waals surface area contributed by atoms with Crippen LogP contribution < -0.4 is 10.1 Å². The Morgan fingerprint density at radius 2 is 1.85 bits per heavy atom. The van der Waals surface area contributed by atoms with Crippen LogP contribution in [0.4, 0.5) is 0 Å². The number of piperazine rings is 1. The average molecular weight is 529 g/mol. The summed E-state index contributed by atoms with van der Waals surface area (Å²) >= 11 is 0. The van der Waals surface area contributed by atoms with Crippen LogP contribution in [0, 0.1) is 0 Å². The molecule has 208 valence electrons. The first-order chi connectivity index (χ1) is 19.0. The molecule has 2 aromatic heterocycles. The zero-order chi connectivity index (χ0) is 27.6. The van der Waals surface area contributed by atoms with Crippen LogP contribution in [0.5, 0.6) is 5.75 Å². The summed E-state index contributed by atoms with van der Waals surface area (Å²) in [7, 11) is 3.85. The third-order valence-corrected chi connectivity index (χ3v) is 7.54. The predicted molar refractivity (Wildman–Crippen MR) is 160 cm³/mol. The summed E-state index contributed by atoms with van der Waals surface area (Å²) in [5, 5.41) is 3.57. The molecule has 1 N–H and O–H groups in total. The molecule has 0 spiro atoms. The van der Waals surface area contributed by atoms with Gasteiger partial charge in [-0.25, -0.2) is 4.98 Å². The van der Waals surface area contributed by atoms with E-state index in [0.29, 0.717) is 6.54 Å². The number of aryl methyl sites for hydroxylation is 2. The first-order valence-electron chi connectivity index (χ1n) is 14.1. The number of fused-ring (bicyclic) bond motifs is 1. The molecular formula is C32H44N6O. The van der Waals surface area contributed by atoms with Crippen LogP contribution in [0.2, 0.25) is 0 Å². The highest BCUT2D eigenvalue weighted by Gasteiger charge is 2.18. The van der Waals surface area contributed by atoms with Gasteiger partial charge in [0.1, 0.15) is 17.4 Å². The molecule has 1 aliphatic heterocycles. The van der Waals surface area contributed by atoms with Gasteiger partial charge in [0, 0.05) is 56.9 Å². The molecule has 7 heteroatoms. The Kier molecular flexibility index (Phi) is 10.3. The number of hydrogen-bond acceptors (Lipinski definition) is 6. The number of nitrogens with zero attached hydrogens (tertiary/aromatic N) is 5. The van der Waals surface area contributed by atoms with Crippen LogP contribution in [0.15, 0.2) is 61.4 Å². The van der Waals surface area contributed by atoms with Crippen LogP contribution in [-0.4, -0.2) is 64.7 Å². The Morgan fingerprint density at radius 3 is 2.54 bits per heavy atom. The lowest BCUT2D eigenvalue weighted by atomic mass is 9.96. The number of allylic oxidation sites excluding steroid dienone is 1. The van der Waals surface area contributed by atoms with Gasteiger partial charge < -0.3 is 19.9 Å². The van der Waals surface area contributed by atoms with Gasteiger partial charge >= 0.3 is 0 Å². The first-order valence-corrected chi connectivity index (χ1v) is 14.1. The number of aromatic nitrogens is 3. The molecule has 0 unspecified atom stereocenters. The van der Waals surface area contributed by atoms with E-state index in [-0.39, 0.29) is 6.04 Å². The van der Waals surface area contributed by atoms with Crippen molar-refractivity contribution in [2.75, 3.05) is 40.3 Å². The molecule has 5 rings (SSSR count). The smallest absolute Gasteiger partial charge is 0.138 e. The van der Waals surface area contributed by atoms with E-state index in [1.807, 2.05) is 43.5 Å². The van der Waals surface area contributed by atoms with E-state index in [0.717, 1.165) is 49.3 Å². The van der Waals surface area contributed by atoms with E-state index in [1.165, 1.54) is 42.5 Å². The number of hydrogen-bond donors (Lipinski definition) is 1. The Morgan fingerprint density at radius 1 is 1.10 bits per heavy atom. The quantitative estimate of drug-likeness (QED) is 0.422. The summed E-state index contributed by atoms with van der Waals surface area (Å²) in [6, 6.07) is 12.6. The van der Waals surface area contributed by atoms with E-state index in [4.69, 9.17) is 9.72 Å². The number of methoxy groups -OCH3 is 1. The zero-order valence-electron chi connectivity index (χ0n) is 24.1. The van der Waals surface area contributed by atoms with Crippen molar-refractivity contribution in [1.29, 1.82) is 0 Å². The van der Waals surface area contributed by atoms with Crippen LogP contribution in [-0.2, 0) is 19.4 Å². The molecule has 1 fully saturated rings. The van der Waals surface area contributed by atoms with Crippen molar-refractivity contribution in [2.45, 2.75) is 52.1 Å². The lowest BCUT2D eigenvalue weighted by molar-refractivity contribution is 0.202. The number of nitrogens with one attached hydrogen (secondary N) is 1. The van der Waals surface area contributed by atoms with Crippen molar-refractivity contribution in [3.05, 3.63) is 89.8 Å². The van der Waals surface area contributed by atoms with Gasteiger partial charge in [-0.1, -0.05) is 30.9 Å². The zero-order valence-corrected chi connectivity index (χ0v) is 24.1. The number of pyridine rings is 1. The number of ether oxygens (including phenoxy) is 1. The normalized spacial score (nSPS) is 16.4. The average Bonchev–Trinajstić information content (AvgIpc) is 3.39. The lowest BCUT2D eigenvalue weighted by Gasteiger charge is -2.35. The van der Waals surface area contributed by atoms with Crippen molar-refractivity contribution in [3.8, 4) is 5.75 Å². The van der Waals surface area contributed by atoms with Crippen molar-refractivity contribution >= 4 is 11.9 Å². The van der Waals surface area contributed by atoms with E-state index in [1.54, 1.807) is 7.11 Å². The molecule has 0 amide bonds. The standard InChI is InChI=1S/C23H33N5O.C9H11N/c1-6-7-23-25-21(16-24-18(2)20-8-10-22(29-5)11-9-20)17-28(23)19(3)27-14-12-26(4)13-15-27;1-2-6-9-8(4-1)5-3-7-10-9/h6-11,17-18,24H,3,12-16H2,1-2,4-5H3;3,5,7H,1-2,4,6H2/b7-6-;/t18-;/m0./s1. The molecule has 3 heterocycles. The first kappa shape index (κ1) is 28.6. The molecular weight excluding hydrogens is 484 g/mol. The highest BCUT2D eigenvalue weighted by atomic mass is 16.5. The summed E-state index contributed by atoms with van der Waals surface area (Å²) in [6.45, 7) is 13.3. The fraction of sp³-hybridized carbons (Fsp3) is 0.438. The fourth-order valence-electron chi connectivity index (χ4n) is 5.02. The van der Waals surface area contributed by atoms with E-state index in [9.17, 15) is 0 Å². The molecule has 0 radical (unpaired) electrons. The van der Waals surface area contributed by atoms with Crippen molar-refractivity contribution in [1.82, 2.24) is 29.7 Å². The molecule has 0 bridgehead atoms. The van der Waals surface area contributed by atoms with Gasteiger partial charge in [-0.2, -0.15) is 0 Å². The number of likely N-dealkylation sites (N-methyl/N-ethyl adjacent to an activating group) is 1. The maximum absolute atomic E-state index is 5.24. The lowest BCUT2D eigenvalue weighted by Crippen LogP contribution is -2.44. The minimum atomic E-state index is 0.219. The van der Waals surface area contributed by atoms with E-state index in [2.05, 4.69) is 69.6 Å². The maximum Gasteiger partial charge on any atom is 0.138 e. The molecule has 2 aliphatic rings. The maximum atomic E-state index is 5.24. The van der Waals surface area contributed by atoms with Gasteiger partial charge in [0.2, 0.25) is 0 Å². The van der Waals surface area contributed by atoms with Crippen LogP contribution in [0.1, 0.15) is 61.1 Å². The van der Waals surface area contributed by atoms with Gasteiger partial charge in [-0.15, -0.1) is 0 Å². The van der Waals surface area contributed by atoms with Crippen molar-refractivity contribution < 1.29 is 4.74 Å². The Balaban J connectivity index is 0.000000292. The molecule has 7 nitrogen and oxygen atoms in total. The summed E-state index contributed by atoms with van der Waals surface area (Å²) in [4.78, 5) is 13.8. The molecule has 39 heavy (non-hydrogen) atoms. The third-order valence-electron chi connectivity index (χ3n) is 7.54. The summed E-state index contributed by atoms with van der Waals surface area (Å²) in [5.41, 5.74) is 5.02. The molecule has 0 saturated carbocycles. The second-order valence-corrected chi connectivity index (χ2v) is 10.4. The van der Waals surface area contributed by atoms with Crippen LogP contribution >= 0.6 is 0 Å². The number of benzene rings is 1. The van der Waals surface area contributed by atoms with Crippen LogP contribution in [0.3, 0.4) is 0 Å². The number of imidazole rings is 1. The Labute approximate surface area is 234 Å². The third kappa shape index (κ3) is 7.80. The largest absolute Gasteiger partial charge is 0.497 e. The number of rotatable bonds is 8. The van der Waals surface area contributed by atoms with Crippen molar-refractivity contribution in [3.63, 3.8) is 0 Å². The molecule has 1 atom stereocenters. The summed E-state index contributed by atoms with van der Waals surface area (Å²) < 4.78 is 7.35. The highest BCUT2D eigenvalue weighted by molar-refractivity contribution is 5.51. The summed E-state index contributed by atoms with van der Waals surface area (Å²) in [6.07, 6.45) is 13.2. The monoisotopic (exact) mass is 528 g/mol. The molecule has 1 saturated heterocycles. The minimum absolute atomic E-state index is 0.219. The Hall–Kier alpha value is -3.42. The van der Waals surface area contributed by atoms with Gasteiger partial charge in [-0.3, -0.25) is 9.55 Å². The molecule has 1 aromatic carbocycles. The summed E-state index contributed by atoms with van der Waals surface area (Å²) in [5.74, 6) is 2.79. The fourth-order valence-corrected chi connectivity index (χ4v) is 5.02. The Bertz CT molecular complexity index is 1200. The van der Waals surface area contributed by atoms with Gasteiger partial charge in [0.25, 0.3) is 0 Å². The second kappa shape index (κ2) is 14.1. The minimum Gasteiger partial charge on any atom is -0.497 e. The second-order valence-electron chi connectivity index (χ2n) is 10.4. The van der Waals surface area contributed by atoms with Gasteiger partial charge in [-0.05, 0) is 82.0 Å². The van der Waals surface area contributed by atoms with Gasteiger partial charge in [0.05, 0.1) is 12.8 Å². The molecule has 1 aliphatic carbocycles.